The van der Waals surface area contributed by atoms with Crippen molar-refractivity contribution in [2.24, 2.45) is 0 Å². The molecule has 0 unspecified atom stereocenters. The Morgan fingerprint density at radius 3 is 1.64 bits per heavy atom. The fourth-order valence-corrected chi connectivity index (χ4v) is 7.96. The Hall–Kier alpha value is -2.54. The van der Waals surface area contributed by atoms with Crippen LogP contribution in [-0.4, -0.2) is 5.54 Å². The highest BCUT2D eigenvalue weighted by Gasteiger charge is 2.43. The lowest BCUT2D eigenvalue weighted by atomic mass is 9.70. The summed E-state index contributed by atoms with van der Waals surface area (Å²) in [6.07, 6.45) is 17.6. The van der Waals surface area contributed by atoms with Gasteiger partial charge in [-0.25, -0.2) is 0 Å². The van der Waals surface area contributed by atoms with E-state index in [4.69, 9.17) is 0 Å². The molecule has 240 valence electrons. The fraction of sp³-hybridized carbons (Fsp3) is 0.581. The highest BCUT2D eigenvalue weighted by atomic mass is 15.2. The second-order valence-electron chi connectivity index (χ2n) is 14.3. The molecule has 0 radical (unpaired) electrons. The topological polar surface area (TPSA) is 3.24 Å². The molecule has 3 aromatic carbocycles. The minimum Gasteiger partial charge on any atom is -0.336 e. The zero-order valence-electron chi connectivity index (χ0n) is 29.7. The largest absolute Gasteiger partial charge is 0.336 e. The summed E-state index contributed by atoms with van der Waals surface area (Å²) in [5.41, 5.74) is 10.6. The van der Waals surface area contributed by atoms with Crippen molar-refractivity contribution < 1.29 is 0 Å². The minimum atomic E-state index is 0.0327. The zero-order chi connectivity index (χ0) is 31.8. The van der Waals surface area contributed by atoms with E-state index in [-0.39, 0.29) is 16.4 Å². The highest BCUT2D eigenvalue weighted by Crippen LogP contribution is 2.55. The molecule has 4 rings (SSSR count). The van der Waals surface area contributed by atoms with Crippen LogP contribution in [0.5, 0.6) is 0 Å². The summed E-state index contributed by atoms with van der Waals surface area (Å²) in [7, 11) is 0. The van der Waals surface area contributed by atoms with E-state index in [0.29, 0.717) is 0 Å². The van der Waals surface area contributed by atoms with Crippen molar-refractivity contribution in [1.29, 1.82) is 0 Å². The number of nitrogens with zero attached hydrogens (tertiary/aromatic N) is 1. The molecule has 0 aliphatic heterocycles. The van der Waals surface area contributed by atoms with E-state index >= 15 is 0 Å². The summed E-state index contributed by atoms with van der Waals surface area (Å²) >= 11 is 0. The van der Waals surface area contributed by atoms with Crippen LogP contribution in [0.1, 0.15) is 162 Å². The van der Waals surface area contributed by atoms with Crippen LogP contribution < -0.4 is 4.90 Å². The van der Waals surface area contributed by atoms with E-state index in [2.05, 4.69) is 127 Å². The lowest BCUT2D eigenvalue weighted by molar-refractivity contribution is 0.400. The van der Waals surface area contributed by atoms with E-state index in [9.17, 15) is 0 Å². The van der Waals surface area contributed by atoms with Gasteiger partial charge in [0.1, 0.15) is 0 Å². The van der Waals surface area contributed by atoms with Crippen LogP contribution in [0.4, 0.5) is 11.4 Å². The summed E-state index contributed by atoms with van der Waals surface area (Å²) in [6.45, 7) is 18.9. The normalized spacial score (nSPS) is 14.0. The Kier molecular flexibility index (Phi) is 11.8. The Morgan fingerprint density at radius 2 is 1.09 bits per heavy atom. The molecule has 0 bridgehead atoms. The van der Waals surface area contributed by atoms with Gasteiger partial charge in [-0.15, -0.1) is 0 Å². The molecule has 0 fully saturated rings. The summed E-state index contributed by atoms with van der Waals surface area (Å²) in [5.74, 6) is 0. The maximum Gasteiger partial charge on any atom is 0.0419 e. The van der Waals surface area contributed by atoms with Gasteiger partial charge in [0.05, 0.1) is 0 Å². The third kappa shape index (κ3) is 6.68. The van der Waals surface area contributed by atoms with Gasteiger partial charge in [-0.1, -0.05) is 142 Å². The van der Waals surface area contributed by atoms with Gasteiger partial charge in [-0.2, -0.15) is 0 Å². The molecule has 0 N–H and O–H groups in total. The van der Waals surface area contributed by atoms with Crippen molar-refractivity contribution in [3.05, 3.63) is 83.4 Å². The first-order chi connectivity index (χ1) is 21.3. The first kappa shape index (κ1) is 34.3. The average molecular weight is 594 g/mol. The molecule has 1 heteroatoms. The van der Waals surface area contributed by atoms with Crippen LogP contribution in [0.2, 0.25) is 0 Å². The van der Waals surface area contributed by atoms with Gasteiger partial charge in [0.2, 0.25) is 0 Å². The van der Waals surface area contributed by atoms with Crippen LogP contribution >= 0.6 is 0 Å². The molecular formula is C43H63N. The molecule has 0 atom stereocenters. The predicted octanol–water partition coefficient (Wildman–Crippen LogP) is 13.7. The van der Waals surface area contributed by atoms with Gasteiger partial charge >= 0.3 is 0 Å². The van der Waals surface area contributed by atoms with E-state index in [1.165, 1.54) is 92.3 Å². The fourth-order valence-electron chi connectivity index (χ4n) is 7.96. The Balaban J connectivity index is 1.86. The summed E-state index contributed by atoms with van der Waals surface area (Å²) in [4.78, 5) is 2.69. The number of unbranched alkanes of at least 4 members (excludes halogenated alkanes) is 6. The van der Waals surface area contributed by atoms with Crippen molar-refractivity contribution in [3.63, 3.8) is 0 Å². The molecule has 3 aromatic rings. The first-order valence-electron chi connectivity index (χ1n) is 18.4. The van der Waals surface area contributed by atoms with Gasteiger partial charge in [0, 0.05) is 22.3 Å². The second-order valence-corrected chi connectivity index (χ2v) is 14.3. The predicted molar refractivity (Wildman–Crippen MR) is 196 cm³/mol. The number of benzene rings is 3. The summed E-state index contributed by atoms with van der Waals surface area (Å²) in [6, 6.07) is 26.6. The zero-order valence-corrected chi connectivity index (χ0v) is 29.7. The Labute approximate surface area is 271 Å². The monoisotopic (exact) mass is 593 g/mol. The number of rotatable bonds is 18. The maximum atomic E-state index is 2.69. The van der Waals surface area contributed by atoms with E-state index in [1.54, 1.807) is 11.1 Å². The number of anilines is 2. The van der Waals surface area contributed by atoms with Crippen LogP contribution in [0.25, 0.3) is 11.1 Å². The molecule has 0 heterocycles. The Bertz CT molecular complexity index is 1300. The summed E-state index contributed by atoms with van der Waals surface area (Å²) in [5, 5.41) is 0. The molecule has 0 spiro atoms. The smallest absolute Gasteiger partial charge is 0.0419 e. The summed E-state index contributed by atoms with van der Waals surface area (Å²) < 4.78 is 0. The van der Waals surface area contributed by atoms with Crippen molar-refractivity contribution in [3.8, 4) is 11.1 Å². The van der Waals surface area contributed by atoms with Crippen LogP contribution in [0, 0.1) is 0 Å². The van der Waals surface area contributed by atoms with Crippen LogP contribution in [0.15, 0.2) is 66.7 Å². The lowest BCUT2D eigenvalue weighted by Crippen LogP contribution is -2.42. The van der Waals surface area contributed by atoms with Crippen molar-refractivity contribution in [1.82, 2.24) is 0 Å². The maximum absolute atomic E-state index is 2.69. The van der Waals surface area contributed by atoms with Crippen molar-refractivity contribution >= 4 is 11.4 Å². The van der Waals surface area contributed by atoms with E-state index in [0.717, 1.165) is 25.7 Å². The third-order valence-electron chi connectivity index (χ3n) is 11.9. The van der Waals surface area contributed by atoms with Gasteiger partial charge in [-0.05, 0) is 103 Å². The van der Waals surface area contributed by atoms with Crippen molar-refractivity contribution in [2.75, 3.05) is 4.90 Å². The van der Waals surface area contributed by atoms with E-state index in [1.807, 2.05) is 0 Å². The van der Waals surface area contributed by atoms with Gasteiger partial charge < -0.3 is 4.90 Å². The van der Waals surface area contributed by atoms with Crippen LogP contribution in [0.3, 0.4) is 0 Å². The average Bonchev–Trinajstić information content (AvgIpc) is 3.34. The molecule has 1 aliphatic carbocycles. The molecule has 0 amide bonds. The Morgan fingerprint density at radius 1 is 0.545 bits per heavy atom. The molecular weight excluding hydrogens is 530 g/mol. The standard InChI is InChI=1S/C43H63N/c1-9-15-17-21-31-43(32-22-18-16-10-2)39-24-20-19-23-37(39)38-30-29-36(33-40(38)43)44(42(8,13-5)14-6)35-27-25-34(26-28-35)41(7,11-3)12-4/h19-20,23-30,33H,9-18,21-22,31-32H2,1-8H3. The number of fused-ring (bicyclic) bond motifs is 3. The van der Waals surface area contributed by atoms with E-state index < -0.39 is 0 Å². The molecule has 0 aromatic heterocycles. The molecule has 0 saturated carbocycles. The van der Waals surface area contributed by atoms with Crippen LogP contribution in [-0.2, 0) is 10.8 Å². The molecule has 44 heavy (non-hydrogen) atoms. The minimum absolute atomic E-state index is 0.0327. The molecule has 1 nitrogen and oxygen atoms in total. The molecule has 0 saturated heterocycles. The highest BCUT2D eigenvalue weighted by molar-refractivity contribution is 5.84. The number of hydrogen-bond acceptors (Lipinski definition) is 1. The second kappa shape index (κ2) is 15.2. The van der Waals surface area contributed by atoms with Gasteiger partial charge in [0.15, 0.2) is 0 Å². The number of hydrogen-bond donors (Lipinski definition) is 0. The van der Waals surface area contributed by atoms with Crippen molar-refractivity contribution in [2.45, 2.75) is 162 Å². The molecule has 1 aliphatic rings. The quantitative estimate of drug-likeness (QED) is 0.133. The lowest BCUT2D eigenvalue weighted by Gasteiger charge is -2.43. The van der Waals surface area contributed by atoms with Gasteiger partial charge in [-0.3, -0.25) is 0 Å². The van der Waals surface area contributed by atoms with Gasteiger partial charge in [0.25, 0.3) is 0 Å². The third-order valence-corrected chi connectivity index (χ3v) is 11.9. The SMILES string of the molecule is CCCCCCC1(CCCCCC)c2ccccc2-c2ccc(N(c3ccc(C(C)(CC)CC)cc3)C(C)(CC)CC)cc21. The first-order valence-corrected chi connectivity index (χ1v) is 18.4.